The molecular weight excluding hydrogens is 1090 g/mol. The number of thiophene rings is 4. The Morgan fingerprint density at radius 2 is 0.583 bits per heavy atom. The van der Waals surface area contributed by atoms with Crippen LogP contribution in [0.25, 0.3) is 124 Å². The monoisotopic (exact) mass is 1160 g/mol. The predicted molar refractivity (Wildman–Crippen MR) is 382 cm³/mol. The Hall–Kier alpha value is -7.44. The maximum absolute atomic E-state index is 2.38. The third-order valence-electron chi connectivity index (χ3n) is 16.8. The minimum atomic E-state index is 0.166. The van der Waals surface area contributed by atoms with Gasteiger partial charge in [0, 0.05) is 80.7 Å². The van der Waals surface area contributed by atoms with Gasteiger partial charge in [-0.15, -0.1) is 45.3 Å². The van der Waals surface area contributed by atoms with Crippen LogP contribution in [0.5, 0.6) is 0 Å². The number of fused-ring (bicyclic) bond motifs is 20. The van der Waals surface area contributed by atoms with Gasteiger partial charge in [0.05, 0.1) is 0 Å². The molecule has 0 amide bonds. The number of hydrogen-bond donors (Lipinski definition) is 0. The highest BCUT2D eigenvalue weighted by Gasteiger charge is 2.23. The first kappa shape index (κ1) is 55.7. The third kappa shape index (κ3) is 10.2. The molecule has 0 nitrogen and oxygen atoms in total. The summed E-state index contributed by atoms with van der Waals surface area (Å²) >= 11 is 7.70. The minimum absolute atomic E-state index is 0.166. The molecule has 84 heavy (non-hydrogen) atoms. The Labute approximate surface area is 510 Å². The van der Waals surface area contributed by atoms with Crippen molar-refractivity contribution in [3.8, 4) is 0 Å². The van der Waals surface area contributed by atoms with E-state index in [4.69, 9.17) is 0 Å². The normalized spacial score (nSPS) is 12.5. The summed E-state index contributed by atoms with van der Waals surface area (Å²) in [5.74, 6) is 0. The third-order valence-corrected chi connectivity index (χ3v) is 21.8. The van der Waals surface area contributed by atoms with Crippen molar-refractivity contribution in [3.05, 3.63) is 241 Å². The zero-order chi connectivity index (χ0) is 58.5. The molecule has 12 aromatic carbocycles. The average Bonchev–Trinajstić information content (AvgIpc) is 2.06. The predicted octanol–water partition coefficient (Wildman–Crippen LogP) is 26.0. The smallest absolute Gasteiger partial charge is 0.0433 e. The summed E-state index contributed by atoms with van der Waals surface area (Å²) < 4.78 is 11.3. The molecule has 0 unspecified atom stereocenters. The fourth-order valence-corrected chi connectivity index (χ4v) is 17.6. The van der Waals surface area contributed by atoms with Crippen molar-refractivity contribution in [1.29, 1.82) is 0 Å². The minimum Gasteiger partial charge on any atom is -0.135 e. The number of rotatable bonds is 0. The lowest BCUT2D eigenvalue weighted by molar-refractivity contribution is 0.591. The van der Waals surface area contributed by atoms with Crippen molar-refractivity contribution in [1.82, 2.24) is 0 Å². The fourth-order valence-electron chi connectivity index (χ4n) is 12.2. The highest BCUT2D eigenvalue weighted by Crippen LogP contribution is 2.46. The molecule has 0 radical (unpaired) electrons. The van der Waals surface area contributed by atoms with Gasteiger partial charge in [0.2, 0.25) is 0 Å². The van der Waals surface area contributed by atoms with E-state index in [0.29, 0.717) is 0 Å². The lowest BCUT2D eigenvalue weighted by Gasteiger charge is -2.20. The molecule has 0 saturated heterocycles. The second kappa shape index (κ2) is 21.3. The first-order valence-electron chi connectivity index (χ1n) is 29.5. The first-order valence-corrected chi connectivity index (χ1v) is 32.8. The zero-order valence-corrected chi connectivity index (χ0v) is 53.7. The van der Waals surface area contributed by atoms with Crippen LogP contribution in [0, 0.1) is 0 Å². The van der Waals surface area contributed by atoms with Crippen molar-refractivity contribution in [2.24, 2.45) is 0 Å². The van der Waals surface area contributed by atoms with Crippen LogP contribution in [-0.4, -0.2) is 0 Å². The molecule has 16 aromatic rings. The largest absolute Gasteiger partial charge is 0.135 e. The standard InChI is InChI=1S/4C20H18S/c1-20(2,3)16-9-6-10-17-18(16)15-12-11-13-7-4-5-8-14(13)19(15)21-17;1-20(2,3)17-10-6-9-15-16-12-11-13-7-4-5-8-14(13)18(16)21-19(15)17;1-20(2,3)14-9-11-16-17-10-8-13-6-4-5-7-15(13)19(17)21-18(16)12-14;1-20(2,3)14-9-11-18-17(12-14)16-10-8-13-6-4-5-7-15(13)19(16)21-18/h4*4-12H,1-3H3. The molecular formula is C80H72S4. The molecule has 0 aliphatic heterocycles. The van der Waals surface area contributed by atoms with Crippen LogP contribution >= 0.6 is 45.3 Å². The van der Waals surface area contributed by atoms with Gasteiger partial charge >= 0.3 is 0 Å². The van der Waals surface area contributed by atoms with Crippen LogP contribution in [0.15, 0.2) is 218 Å². The second-order valence-corrected chi connectivity index (χ2v) is 31.0. The highest BCUT2D eigenvalue weighted by atomic mass is 32.1. The summed E-state index contributed by atoms with van der Waals surface area (Å²) in [5, 5.41) is 22.0. The van der Waals surface area contributed by atoms with E-state index in [-0.39, 0.29) is 21.7 Å². The maximum Gasteiger partial charge on any atom is 0.0433 e. The fraction of sp³-hybridized carbons (Fsp3) is 0.200. The van der Waals surface area contributed by atoms with Crippen LogP contribution in [0.1, 0.15) is 105 Å². The molecule has 0 spiro atoms. The van der Waals surface area contributed by atoms with E-state index in [9.17, 15) is 0 Å². The summed E-state index contributed by atoms with van der Waals surface area (Å²) in [5.41, 5.74) is 6.45. The summed E-state index contributed by atoms with van der Waals surface area (Å²) in [6.45, 7) is 27.4. The van der Waals surface area contributed by atoms with Crippen molar-refractivity contribution in [2.75, 3.05) is 0 Å². The number of benzene rings is 12. The molecule has 0 fully saturated rings. The van der Waals surface area contributed by atoms with Gasteiger partial charge in [-0.05, 0) is 111 Å². The van der Waals surface area contributed by atoms with Crippen molar-refractivity contribution in [2.45, 2.75) is 105 Å². The van der Waals surface area contributed by atoms with Crippen molar-refractivity contribution < 1.29 is 0 Å². The van der Waals surface area contributed by atoms with Crippen LogP contribution < -0.4 is 0 Å². The molecule has 16 rings (SSSR count). The number of hydrogen-bond acceptors (Lipinski definition) is 4. The van der Waals surface area contributed by atoms with Gasteiger partial charge in [0.1, 0.15) is 0 Å². The molecule has 4 heterocycles. The molecule has 0 saturated carbocycles. The Bertz CT molecular complexity index is 5080. The lowest BCUT2D eigenvalue weighted by Crippen LogP contribution is -2.11. The SMILES string of the molecule is CC(C)(C)c1ccc2c(c1)sc1c3ccccc3ccc21.CC(C)(C)c1ccc2sc3c4ccccc4ccc3c2c1.CC(C)(C)c1cccc2c1sc1c3ccccc3ccc21.CC(C)(C)c1cccc2sc3c4ccccc4ccc3c12. The Balaban J connectivity index is 0.000000104. The average molecular weight is 1160 g/mol. The van der Waals surface area contributed by atoms with E-state index >= 15 is 0 Å². The van der Waals surface area contributed by atoms with Gasteiger partial charge in [-0.1, -0.05) is 277 Å². The molecule has 0 bridgehead atoms. The quantitative estimate of drug-likeness (QED) is 0.142. The zero-order valence-electron chi connectivity index (χ0n) is 50.4. The van der Waals surface area contributed by atoms with E-state index in [1.165, 1.54) is 146 Å². The van der Waals surface area contributed by atoms with Crippen molar-refractivity contribution in [3.63, 3.8) is 0 Å². The van der Waals surface area contributed by atoms with Crippen LogP contribution in [-0.2, 0) is 21.7 Å². The Kier molecular flexibility index (Phi) is 14.1. The molecule has 0 aliphatic rings. The van der Waals surface area contributed by atoms with Crippen molar-refractivity contribution >= 4 is 169 Å². The summed E-state index contributed by atoms with van der Waals surface area (Å²) in [4.78, 5) is 0. The maximum atomic E-state index is 2.38. The van der Waals surface area contributed by atoms with Crippen LogP contribution in [0.2, 0.25) is 0 Å². The van der Waals surface area contributed by atoms with E-state index in [1.54, 1.807) is 0 Å². The van der Waals surface area contributed by atoms with Gasteiger partial charge in [-0.3, -0.25) is 0 Å². The summed E-state index contributed by atoms with van der Waals surface area (Å²) in [6, 6.07) is 80.2. The molecule has 4 aromatic heterocycles. The molecule has 0 N–H and O–H groups in total. The Morgan fingerprint density at radius 3 is 1.11 bits per heavy atom. The molecule has 0 atom stereocenters. The first-order chi connectivity index (χ1) is 40.2. The second-order valence-electron chi connectivity index (χ2n) is 26.8. The van der Waals surface area contributed by atoms with Crippen LogP contribution in [0.4, 0.5) is 0 Å². The van der Waals surface area contributed by atoms with E-state index in [2.05, 4.69) is 301 Å². The summed E-state index contributed by atoms with van der Waals surface area (Å²) in [7, 11) is 0. The van der Waals surface area contributed by atoms with Gasteiger partial charge in [0.15, 0.2) is 0 Å². The molecule has 416 valence electrons. The van der Waals surface area contributed by atoms with E-state index < -0.39 is 0 Å². The summed E-state index contributed by atoms with van der Waals surface area (Å²) in [6.07, 6.45) is 0. The van der Waals surface area contributed by atoms with Crippen LogP contribution in [0.3, 0.4) is 0 Å². The lowest BCUT2D eigenvalue weighted by atomic mass is 9.84. The van der Waals surface area contributed by atoms with Gasteiger partial charge in [0.25, 0.3) is 0 Å². The molecule has 0 aliphatic carbocycles. The van der Waals surface area contributed by atoms with Gasteiger partial charge < -0.3 is 0 Å². The Morgan fingerprint density at radius 1 is 0.214 bits per heavy atom. The topological polar surface area (TPSA) is 0 Å². The van der Waals surface area contributed by atoms with Gasteiger partial charge in [-0.25, -0.2) is 0 Å². The van der Waals surface area contributed by atoms with E-state index in [1.807, 2.05) is 45.3 Å². The highest BCUT2D eigenvalue weighted by molar-refractivity contribution is 7.28. The molecule has 4 heteroatoms. The van der Waals surface area contributed by atoms with Gasteiger partial charge in [-0.2, -0.15) is 0 Å². The van der Waals surface area contributed by atoms with E-state index in [0.717, 1.165) is 0 Å².